The van der Waals surface area contributed by atoms with Gasteiger partial charge in [-0.3, -0.25) is 0 Å². The molecule has 0 fully saturated rings. The summed E-state index contributed by atoms with van der Waals surface area (Å²) >= 11 is 0. The van der Waals surface area contributed by atoms with E-state index in [4.69, 9.17) is 4.74 Å². The van der Waals surface area contributed by atoms with Gasteiger partial charge in [0.1, 0.15) is 0 Å². The summed E-state index contributed by atoms with van der Waals surface area (Å²) in [5, 5.41) is 4.04. The van der Waals surface area contributed by atoms with Crippen LogP contribution in [0.3, 0.4) is 0 Å². The van der Waals surface area contributed by atoms with Crippen LogP contribution in [0.5, 0.6) is 0 Å². The van der Waals surface area contributed by atoms with E-state index in [9.17, 15) is 4.79 Å². The highest BCUT2D eigenvalue weighted by Crippen LogP contribution is 2.07. The first-order valence-corrected chi connectivity index (χ1v) is 4.43. The maximum atomic E-state index is 11.5. The zero-order valence-electron chi connectivity index (χ0n) is 7.80. The average molecular weight is 190 g/mol. The van der Waals surface area contributed by atoms with Crippen LogP contribution in [0, 0.1) is 0 Å². The van der Waals surface area contributed by atoms with Gasteiger partial charge < -0.3 is 4.74 Å². The zero-order valence-corrected chi connectivity index (χ0v) is 7.80. The Morgan fingerprint density at radius 1 is 1.50 bits per heavy atom. The van der Waals surface area contributed by atoms with Crippen LogP contribution >= 0.6 is 0 Å². The molecule has 4 heteroatoms. The highest BCUT2D eigenvalue weighted by Gasteiger charge is 2.10. The van der Waals surface area contributed by atoms with Crippen molar-refractivity contribution >= 4 is 11.5 Å². The Kier molecular flexibility index (Phi) is 2.18. The summed E-state index contributed by atoms with van der Waals surface area (Å²) in [7, 11) is 0. The molecule has 14 heavy (non-hydrogen) atoms. The van der Waals surface area contributed by atoms with Gasteiger partial charge in [0.15, 0.2) is 5.69 Å². The minimum atomic E-state index is -0.346. The predicted molar refractivity (Wildman–Crippen MR) is 51.1 cm³/mol. The Balaban J connectivity index is 2.50. The van der Waals surface area contributed by atoms with E-state index in [0.29, 0.717) is 12.3 Å². The van der Waals surface area contributed by atoms with Gasteiger partial charge in [0, 0.05) is 0 Å². The number of ether oxygens (including phenoxy) is 1. The van der Waals surface area contributed by atoms with E-state index in [2.05, 4.69) is 5.10 Å². The number of nitrogens with zero attached hydrogens (tertiary/aromatic N) is 2. The molecular formula is C10H10N2O2. The highest BCUT2D eigenvalue weighted by atomic mass is 16.5. The van der Waals surface area contributed by atoms with E-state index in [-0.39, 0.29) is 5.97 Å². The summed E-state index contributed by atoms with van der Waals surface area (Å²) in [5.74, 6) is -0.346. The van der Waals surface area contributed by atoms with Gasteiger partial charge in [-0.2, -0.15) is 5.10 Å². The smallest absolute Gasteiger partial charge is 0.356 e. The van der Waals surface area contributed by atoms with E-state index in [1.807, 2.05) is 18.2 Å². The van der Waals surface area contributed by atoms with Crippen molar-refractivity contribution in [3.05, 3.63) is 36.2 Å². The Hall–Kier alpha value is -1.84. The number of hydrogen-bond donors (Lipinski definition) is 0. The number of carbonyl (C=O) groups is 1. The lowest BCUT2D eigenvalue weighted by atomic mass is 10.3. The summed E-state index contributed by atoms with van der Waals surface area (Å²) < 4.78 is 6.47. The van der Waals surface area contributed by atoms with Gasteiger partial charge in [-0.25, -0.2) is 9.31 Å². The monoisotopic (exact) mass is 190 g/mol. The van der Waals surface area contributed by atoms with Crippen LogP contribution in [0.4, 0.5) is 0 Å². The van der Waals surface area contributed by atoms with Crippen LogP contribution in [0.15, 0.2) is 30.5 Å². The summed E-state index contributed by atoms with van der Waals surface area (Å²) in [4.78, 5) is 11.5. The second kappa shape index (κ2) is 3.49. The molecule has 2 aromatic rings. The van der Waals surface area contributed by atoms with Crippen molar-refractivity contribution in [1.82, 2.24) is 9.61 Å². The van der Waals surface area contributed by atoms with Crippen molar-refractivity contribution < 1.29 is 9.53 Å². The lowest BCUT2D eigenvalue weighted by Gasteiger charge is -2.03. The number of aromatic nitrogens is 2. The van der Waals surface area contributed by atoms with Crippen molar-refractivity contribution in [3.8, 4) is 0 Å². The van der Waals surface area contributed by atoms with Crippen molar-refractivity contribution in [2.24, 2.45) is 0 Å². The van der Waals surface area contributed by atoms with E-state index in [1.54, 1.807) is 23.7 Å². The third-order valence-electron chi connectivity index (χ3n) is 1.91. The maximum Gasteiger partial charge on any atom is 0.356 e. The quantitative estimate of drug-likeness (QED) is 0.674. The number of carbonyl (C=O) groups excluding carboxylic acids is 1. The molecule has 2 aromatic heterocycles. The number of pyridine rings is 1. The lowest BCUT2D eigenvalue weighted by Crippen LogP contribution is -2.10. The molecule has 0 aliphatic heterocycles. The fourth-order valence-corrected chi connectivity index (χ4v) is 1.31. The predicted octanol–water partition coefficient (Wildman–Crippen LogP) is 1.51. The fraction of sp³-hybridized carbons (Fsp3) is 0.200. The molecule has 0 amide bonds. The number of hydrogen-bond acceptors (Lipinski definition) is 3. The molecule has 0 unspecified atom stereocenters. The van der Waals surface area contributed by atoms with Crippen LogP contribution in [-0.4, -0.2) is 22.2 Å². The van der Waals surface area contributed by atoms with Crippen molar-refractivity contribution in [1.29, 1.82) is 0 Å². The molecule has 0 bridgehead atoms. The first-order chi connectivity index (χ1) is 6.83. The average Bonchev–Trinajstić information content (AvgIpc) is 2.65. The maximum absolute atomic E-state index is 11.5. The number of fused-ring (bicyclic) bond motifs is 1. The first kappa shape index (κ1) is 8.74. The normalized spacial score (nSPS) is 10.4. The molecule has 0 aliphatic rings. The zero-order chi connectivity index (χ0) is 9.97. The third kappa shape index (κ3) is 1.35. The third-order valence-corrected chi connectivity index (χ3v) is 1.91. The van der Waals surface area contributed by atoms with Crippen LogP contribution in [0.1, 0.15) is 17.4 Å². The molecule has 0 spiro atoms. The molecule has 0 radical (unpaired) electrons. The van der Waals surface area contributed by atoms with Gasteiger partial charge in [0.2, 0.25) is 0 Å². The van der Waals surface area contributed by atoms with Gasteiger partial charge in [0.25, 0.3) is 0 Å². The topological polar surface area (TPSA) is 43.6 Å². The van der Waals surface area contributed by atoms with Crippen LogP contribution < -0.4 is 0 Å². The standard InChI is InChI=1S/C10H10N2O2/c1-2-14-10(13)9-5-3-4-8-6-7-11-12(8)9/h3-7H,2H2,1H3. The van der Waals surface area contributed by atoms with Crippen molar-refractivity contribution in [2.45, 2.75) is 6.92 Å². The minimum absolute atomic E-state index is 0.346. The molecule has 0 saturated carbocycles. The first-order valence-electron chi connectivity index (χ1n) is 4.43. The number of rotatable bonds is 2. The molecule has 0 saturated heterocycles. The number of esters is 1. The Bertz CT molecular complexity index is 462. The molecule has 72 valence electrons. The fourth-order valence-electron chi connectivity index (χ4n) is 1.31. The van der Waals surface area contributed by atoms with Crippen LogP contribution in [-0.2, 0) is 4.74 Å². The SMILES string of the molecule is CCOC(=O)c1cccc2ccnn12. The highest BCUT2D eigenvalue weighted by molar-refractivity contribution is 5.88. The largest absolute Gasteiger partial charge is 0.461 e. The lowest BCUT2D eigenvalue weighted by molar-refractivity contribution is 0.0516. The molecule has 0 N–H and O–H groups in total. The van der Waals surface area contributed by atoms with Gasteiger partial charge >= 0.3 is 5.97 Å². The Morgan fingerprint density at radius 3 is 3.14 bits per heavy atom. The molecule has 2 rings (SSSR count). The van der Waals surface area contributed by atoms with Crippen molar-refractivity contribution in [2.75, 3.05) is 6.61 Å². The molecule has 4 nitrogen and oxygen atoms in total. The summed E-state index contributed by atoms with van der Waals surface area (Å²) in [6, 6.07) is 7.22. The van der Waals surface area contributed by atoms with Gasteiger partial charge in [-0.15, -0.1) is 0 Å². The molecular weight excluding hydrogens is 180 g/mol. The second-order valence-corrected chi connectivity index (χ2v) is 2.80. The summed E-state index contributed by atoms with van der Waals surface area (Å²) in [6.07, 6.45) is 1.65. The van der Waals surface area contributed by atoms with E-state index < -0.39 is 0 Å². The Labute approximate surface area is 81.1 Å². The molecule has 2 heterocycles. The van der Waals surface area contributed by atoms with Gasteiger partial charge in [0.05, 0.1) is 18.3 Å². The van der Waals surface area contributed by atoms with E-state index >= 15 is 0 Å². The van der Waals surface area contributed by atoms with Gasteiger partial charge in [-0.1, -0.05) is 6.07 Å². The van der Waals surface area contributed by atoms with Gasteiger partial charge in [-0.05, 0) is 25.1 Å². The minimum Gasteiger partial charge on any atom is -0.461 e. The molecule has 0 aromatic carbocycles. The molecule has 0 atom stereocenters. The van der Waals surface area contributed by atoms with E-state index in [1.165, 1.54) is 0 Å². The van der Waals surface area contributed by atoms with E-state index in [0.717, 1.165) is 5.52 Å². The van der Waals surface area contributed by atoms with Crippen LogP contribution in [0.25, 0.3) is 5.52 Å². The van der Waals surface area contributed by atoms with Crippen molar-refractivity contribution in [3.63, 3.8) is 0 Å². The second-order valence-electron chi connectivity index (χ2n) is 2.80. The van der Waals surface area contributed by atoms with Crippen LogP contribution in [0.2, 0.25) is 0 Å². The summed E-state index contributed by atoms with van der Waals surface area (Å²) in [5.41, 5.74) is 1.34. The molecule has 0 aliphatic carbocycles. The Morgan fingerprint density at radius 2 is 2.36 bits per heavy atom. The summed E-state index contributed by atoms with van der Waals surface area (Å²) in [6.45, 7) is 2.15.